The number of hydrogen-bond donors (Lipinski definition) is 1. The Morgan fingerprint density at radius 1 is 1.00 bits per heavy atom. The third-order valence-corrected chi connectivity index (χ3v) is 5.26. The van der Waals surface area contributed by atoms with E-state index in [-0.39, 0.29) is 16.4 Å². The van der Waals surface area contributed by atoms with Gasteiger partial charge in [-0.2, -0.15) is 0 Å². The van der Waals surface area contributed by atoms with E-state index in [4.69, 9.17) is 9.31 Å². The molecule has 156 valence electrons. The fourth-order valence-corrected chi connectivity index (χ4v) is 3.64. The minimum atomic E-state index is -1.01. The van der Waals surface area contributed by atoms with E-state index in [9.17, 15) is 13.6 Å². The Hall–Kier alpha value is -1.47. The van der Waals surface area contributed by atoms with Crippen molar-refractivity contribution < 1.29 is 22.9 Å². The van der Waals surface area contributed by atoms with E-state index in [2.05, 4.69) is 26.1 Å². The van der Waals surface area contributed by atoms with Gasteiger partial charge in [0.2, 0.25) is 0 Å². The number of nitrogens with one attached hydrogen (secondary N) is 1. The highest BCUT2D eigenvalue weighted by Crippen LogP contribution is 2.36. The fourth-order valence-electron chi connectivity index (χ4n) is 3.64. The van der Waals surface area contributed by atoms with E-state index >= 15 is 0 Å². The minimum absolute atomic E-state index is 0.0128. The lowest BCUT2D eigenvalue weighted by molar-refractivity contribution is 0.00578. The Morgan fingerprint density at radius 2 is 1.50 bits per heavy atom. The van der Waals surface area contributed by atoms with Crippen molar-refractivity contribution in [3.63, 3.8) is 0 Å². The quantitative estimate of drug-likeness (QED) is 0.778. The fraction of sp³-hybridized carbons (Fsp3) is 0.667. The average Bonchev–Trinajstić information content (AvgIpc) is 2.63. The SMILES string of the molecule is CC(C)(C)CC(C)(C)NC(=O)c1cc(B2OC(C)(C)C(C)(C)O2)c(F)cc1F. The molecule has 0 bridgehead atoms. The van der Waals surface area contributed by atoms with Crippen LogP contribution in [0.5, 0.6) is 0 Å². The number of benzene rings is 1. The molecule has 4 nitrogen and oxygen atoms in total. The molecule has 1 aromatic carbocycles. The van der Waals surface area contributed by atoms with Gasteiger partial charge >= 0.3 is 7.12 Å². The standard InChI is InChI=1S/C21H32BF2NO3/c1-18(2,3)12-19(4,5)25-17(26)13-10-14(16(24)11-15(13)23)22-27-20(6,7)21(8,9)28-22/h10-11H,12H2,1-9H3,(H,25,26). The summed E-state index contributed by atoms with van der Waals surface area (Å²) in [5.74, 6) is -2.31. The second-order valence-electron chi connectivity index (χ2n) is 10.5. The molecule has 0 spiro atoms. The minimum Gasteiger partial charge on any atom is -0.399 e. The van der Waals surface area contributed by atoms with E-state index in [0.29, 0.717) is 12.5 Å². The van der Waals surface area contributed by atoms with Gasteiger partial charge in [-0.3, -0.25) is 4.79 Å². The molecule has 0 atom stereocenters. The predicted octanol–water partition coefficient (Wildman–Crippen LogP) is 4.21. The monoisotopic (exact) mass is 395 g/mol. The first-order valence-corrected chi connectivity index (χ1v) is 9.61. The average molecular weight is 395 g/mol. The van der Waals surface area contributed by atoms with Crippen molar-refractivity contribution in [1.29, 1.82) is 0 Å². The molecule has 1 amide bonds. The summed E-state index contributed by atoms with van der Waals surface area (Å²) in [6.07, 6.45) is 0.693. The molecule has 1 aliphatic rings. The second kappa shape index (κ2) is 7.10. The number of halogens is 2. The second-order valence-corrected chi connectivity index (χ2v) is 10.5. The highest BCUT2D eigenvalue weighted by molar-refractivity contribution is 6.62. The zero-order valence-corrected chi connectivity index (χ0v) is 18.4. The van der Waals surface area contributed by atoms with E-state index in [1.54, 1.807) is 0 Å². The summed E-state index contributed by atoms with van der Waals surface area (Å²) in [4.78, 5) is 12.7. The molecule has 1 N–H and O–H groups in total. The van der Waals surface area contributed by atoms with Crippen molar-refractivity contribution in [3.8, 4) is 0 Å². The van der Waals surface area contributed by atoms with Gasteiger partial charge in [-0.1, -0.05) is 20.8 Å². The molecule has 0 aromatic heterocycles. The number of rotatable bonds is 4. The Balaban J connectivity index is 2.33. The summed E-state index contributed by atoms with van der Waals surface area (Å²) in [6.45, 7) is 17.3. The first-order valence-electron chi connectivity index (χ1n) is 9.61. The summed E-state index contributed by atoms with van der Waals surface area (Å²) in [7, 11) is -1.01. The lowest BCUT2D eigenvalue weighted by Crippen LogP contribution is -2.46. The van der Waals surface area contributed by atoms with Gasteiger partial charge in [-0.05, 0) is 59.4 Å². The van der Waals surface area contributed by atoms with Gasteiger partial charge in [0.25, 0.3) is 5.91 Å². The van der Waals surface area contributed by atoms with Crippen LogP contribution in [0.3, 0.4) is 0 Å². The summed E-state index contributed by atoms with van der Waals surface area (Å²) in [5, 5.41) is 2.86. The third-order valence-electron chi connectivity index (χ3n) is 5.26. The molecular formula is C21H32BF2NO3. The molecular weight excluding hydrogens is 363 g/mol. The maximum absolute atomic E-state index is 14.5. The summed E-state index contributed by atoms with van der Waals surface area (Å²) < 4.78 is 40.6. The van der Waals surface area contributed by atoms with Crippen LogP contribution in [0.25, 0.3) is 0 Å². The van der Waals surface area contributed by atoms with Crippen molar-refractivity contribution in [1.82, 2.24) is 5.32 Å². The van der Waals surface area contributed by atoms with E-state index in [1.807, 2.05) is 41.5 Å². The zero-order chi connectivity index (χ0) is 21.7. The van der Waals surface area contributed by atoms with Crippen LogP contribution in [-0.2, 0) is 9.31 Å². The molecule has 1 saturated heterocycles. The van der Waals surface area contributed by atoms with Gasteiger partial charge in [-0.15, -0.1) is 0 Å². The van der Waals surface area contributed by atoms with Crippen LogP contribution in [0.2, 0.25) is 0 Å². The molecule has 2 rings (SSSR count). The van der Waals surface area contributed by atoms with Crippen LogP contribution in [0.4, 0.5) is 8.78 Å². The number of hydrogen-bond acceptors (Lipinski definition) is 3. The molecule has 1 heterocycles. The largest absolute Gasteiger partial charge is 0.497 e. The number of carbonyl (C=O) groups excluding carboxylic acids is 1. The van der Waals surface area contributed by atoms with Gasteiger partial charge in [-0.25, -0.2) is 8.78 Å². The molecule has 0 saturated carbocycles. The van der Waals surface area contributed by atoms with Gasteiger partial charge in [0.15, 0.2) is 0 Å². The van der Waals surface area contributed by atoms with Gasteiger partial charge < -0.3 is 14.6 Å². The number of amides is 1. The molecule has 1 aromatic rings. The van der Waals surface area contributed by atoms with Crippen LogP contribution >= 0.6 is 0 Å². The van der Waals surface area contributed by atoms with Gasteiger partial charge in [0.05, 0.1) is 16.8 Å². The van der Waals surface area contributed by atoms with Crippen LogP contribution in [0.15, 0.2) is 12.1 Å². The molecule has 1 aliphatic heterocycles. The summed E-state index contributed by atoms with van der Waals surface area (Å²) in [6, 6.07) is 1.90. The Kier molecular flexibility index (Phi) is 5.79. The van der Waals surface area contributed by atoms with E-state index in [0.717, 1.165) is 0 Å². The lowest BCUT2D eigenvalue weighted by Gasteiger charge is -2.33. The molecule has 0 radical (unpaired) electrons. The first kappa shape index (κ1) is 22.8. The molecule has 1 fully saturated rings. The van der Waals surface area contributed by atoms with Crippen molar-refractivity contribution in [2.45, 2.75) is 85.5 Å². The Morgan fingerprint density at radius 3 is 1.96 bits per heavy atom. The van der Waals surface area contributed by atoms with Crippen molar-refractivity contribution in [2.24, 2.45) is 5.41 Å². The summed E-state index contributed by atoms with van der Waals surface area (Å²) in [5.41, 5.74) is -2.13. The van der Waals surface area contributed by atoms with E-state index in [1.165, 1.54) is 6.07 Å². The maximum atomic E-state index is 14.5. The highest BCUT2D eigenvalue weighted by atomic mass is 19.1. The third kappa shape index (κ3) is 4.92. The summed E-state index contributed by atoms with van der Waals surface area (Å²) >= 11 is 0. The normalized spacial score (nSPS) is 19.0. The smallest absolute Gasteiger partial charge is 0.399 e. The lowest BCUT2D eigenvalue weighted by atomic mass is 9.77. The van der Waals surface area contributed by atoms with Crippen LogP contribution in [-0.4, -0.2) is 29.8 Å². The molecule has 0 aliphatic carbocycles. The van der Waals surface area contributed by atoms with Crippen LogP contribution in [0, 0.1) is 17.0 Å². The van der Waals surface area contributed by atoms with Crippen molar-refractivity contribution in [2.75, 3.05) is 0 Å². The van der Waals surface area contributed by atoms with Gasteiger partial charge in [0, 0.05) is 17.1 Å². The van der Waals surface area contributed by atoms with Crippen molar-refractivity contribution >= 4 is 18.5 Å². The zero-order valence-electron chi connectivity index (χ0n) is 18.4. The van der Waals surface area contributed by atoms with E-state index < -0.39 is 41.4 Å². The number of carbonyl (C=O) groups is 1. The maximum Gasteiger partial charge on any atom is 0.497 e. The topological polar surface area (TPSA) is 47.6 Å². The first-order chi connectivity index (χ1) is 12.4. The molecule has 28 heavy (non-hydrogen) atoms. The Labute approximate surface area is 167 Å². The predicted molar refractivity (Wildman–Crippen MR) is 108 cm³/mol. The van der Waals surface area contributed by atoms with Crippen LogP contribution < -0.4 is 10.8 Å². The van der Waals surface area contributed by atoms with Gasteiger partial charge in [0.1, 0.15) is 11.6 Å². The van der Waals surface area contributed by atoms with Crippen molar-refractivity contribution in [3.05, 3.63) is 29.3 Å². The molecule has 7 heteroatoms. The highest BCUT2D eigenvalue weighted by Gasteiger charge is 2.52. The van der Waals surface area contributed by atoms with Crippen LogP contribution in [0.1, 0.15) is 79.1 Å². The molecule has 0 unspecified atom stereocenters. The Bertz CT molecular complexity index is 754.